The van der Waals surface area contributed by atoms with Gasteiger partial charge in [-0.3, -0.25) is 4.98 Å². The summed E-state index contributed by atoms with van der Waals surface area (Å²) in [6.45, 7) is 0. The van der Waals surface area contributed by atoms with Crippen molar-refractivity contribution in [1.29, 1.82) is 0 Å². The monoisotopic (exact) mass is 252 g/mol. The third-order valence-corrected chi connectivity index (χ3v) is 2.98. The molecule has 0 radical (unpaired) electrons. The molecule has 2 rings (SSSR count). The third-order valence-electron chi connectivity index (χ3n) is 2.32. The molecule has 0 amide bonds. The number of hydrogen-bond acceptors (Lipinski definition) is 2. The van der Waals surface area contributed by atoms with Gasteiger partial charge in [-0.2, -0.15) is 0 Å². The third kappa shape index (κ3) is 2.19. The molecule has 16 heavy (non-hydrogen) atoms. The van der Waals surface area contributed by atoms with Gasteiger partial charge >= 0.3 is 0 Å². The maximum absolute atomic E-state index is 6.09. The molecule has 82 valence electrons. The molecule has 1 unspecified atom stereocenters. The Balaban J connectivity index is 2.46. The standard InChI is InChI=1S/C12H10Cl2N2/c13-8-4-3-5-9(14)11(8)12(15)10-6-1-2-7-16-10/h1-7,12H,15H2. The van der Waals surface area contributed by atoms with Crippen molar-refractivity contribution in [1.82, 2.24) is 4.98 Å². The highest BCUT2D eigenvalue weighted by atomic mass is 35.5. The summed E-state index contributed by atoms with van der Waals surface area (Å²) in [5, 5.41) is 1.12. The van der Waals surface area contributed by atoms with Crippen LogP contribution in [0.5, 0.6) is 0 Å². The van der Waals surface area contributed by atoms with Crippen LogP contribution in [0, 0.1) is 0 Å². The van der Waals surface area contributed by atoms with Gasteiger partial charge in [0.25, 0.3) is 0 Å². The Kier molecular flexibility index (Phi) is 3.44. The van der Waals surface area contributed by atoms with Gasteiger partial charge in [-0.1, -0.05) is 35.3 Å². The van der Waals surface area contributed by atoms with E-state index in [4.69, 9.17) is 28.9 Å². The second kappa shape index (κ2) is 4.83. The zero-order chi connectivity index (χ0) is 11.5. The molecular weight excluding hydrogens is 243 g/mol. The summed E-state index contributed by atoms with van der Waals surface area (Å²) < 4.78 is 0. The molecule has 0 aliphatic carbocycles. The molecule has 1 atom stereocenters. The number of pyridine rings is 1. The van der Waals surface area contributed by atoms with E-state index in [9.17, 15) is 0 Å². The maximum atomic E-state index is 6.09. The lowest BCUT2D eigenvalue weighted by molar-refractivity contribution is 0.829. The van der Waals surface area contributed by atoms with E-state index in [0.29, 0.717) is 15.6 Å². The van der Waals surface area contributed by atoms with Crippen molar-refractivity contribution in [2.45, 2.75) is 6.04 Å². The molecule has 0 fully saturated rings. The molecule has 2 nitrogen and oxygen atoms in total. The van der Waals surface area contributed by atoms with Gasteiger partial charge in [-0.25, -0.2) is 0 Å². The lowest BCUT2D eigenvalue weighted by atomic mass is 10.0. The van der Waals surface area contributed by atoms with Crippen molar-refractivity contribution in [3.05, 3.63) is 63.9 Å². The molecule has 0 aliphatic heterocycles. The lowest BCUT2D eigenvalue weighted by Crippen LogP contribution is -2.14. The van der Waals surface area contributed by atoms with E-state index in [0.717, 1.165) is 5.69 Å². The van der Waals surface area contributed by atoms with Gasteiger partial charge in [0, 0.05) is 21.8 Å². The van der Waals surface area contributed by atoms with Crippen molar-refractivity contribution in [2.75, 3.05) is 0 Å². The first-order valence-electron chi connectivity index (χ1n) is 4.80. The number of benzene rings is 1. The van der Waals surface area contributed by atoms with Crippen molar-refractivity contribution < 1.29 is 0 Å². The van der Waals surface area contributed by atoms with Gasteiger partial charge in [0.05, 0.1) is 11.7 Å². The average molecular weight is 253 g/mol. The van der Waals surface area contributed by atoms with Crippen molar-refractivity contribution in [3.63, 3.8) is 0 Å². The van der Waals surface area contributed by atoms with E-state index in [2.05, 4.69) is 4.98 Å². The summed E-state index contributed by atoms with van der Waals surface area (Å²) in [5.74, 6) is 0. The zero-order valence-corrected chi connectivity index (χ0v) is 9.91. The smallest absolute Gasteiger partial charge is 0.0755 e. The molecule has 1 aromatic heterocycles. The van der Waals surface area contributed by atoms with Gasteiger partial charge in [-0.05, 0) is 24.3 Å². The SMILES string of the molecule is NC(c1ccccn1)c1c(Cl)cccc1Cl. The number of rotatable bonds is 2. The van der Waals surface area contributed by atoms with E-state index in [1.807, 2.05) is 18.2 Å². The lowest BCUT2D eigenvalue weighted by Gasteiger charge is -2.14. The van der Waals surface area contributed by atoms with Crippen LogP contribution in [-0.4, -0.2) is 4.98 Å². The highest BCUT2D eigenvalue weighted by Crippen LogP contribution is 2.31. The van der Waals surface area contributed by atoms with E-state index < -0.39 is 6.04 Å². The van der Waals surface area contributed by atoms with Crippen LogP contribution in [-0.2, 0) is 0 Å². The largest absolute Gasteiger partial charge is 0.319 e. The van der Waals surface area contributed by atoms with Crippen LogP contribution in [0.1, 0.15) is 17.3 Å². The molecule has 0 spiro atoms. The van der Waals surface area contributed by atoms with E-state index in [1.165, 1.54) is 0 Å². The predicted octanol–water partition coefficient (Wildman–Crippen LogP) is 3.44. The number of hydrogen-bond donors (Lipinski definition) is 1. The van der Waals surface area contributed by atoms with Crippen LogP contribution < -0.4 is 5.73 Å². The number of halogens is 2. The molecule has 2 N–H and O–H groups in total. The minimum Gasteiger partial charge on any atom is -0.319 e. The molecule has 4 heteroatoms. The Morgan fingerprint density at radius 1 is 1.00 bits per heavy atom. The van der Waals surface area contributed by atoms with Crippen LogP contribution >= 0.6 is 23.2 Å². The van der Waals surface area contributed by atoms with Crippen LogP contribution in [0.4, 0.5) is 0 Å². The van der Waals surface area contributed by atoms with E-state index >= 15 is 0 Å². The Bertz CT molecular complexity index is 465. The number of nitrogens with zero attached hydrogens (tertiary/aromatic N) is 1. The summed E-state index contributed by atoms with van der Waals surface area (Å²) in [6.07, 6.45) is 1.69. The Hall–Kier alpha value is -1.09. The predicted molar refractivity (Wildman–Crippen MR) is 66.7 cm³/mol. The average Bonchev–Trinajstić information content (AvgIpc) is 2.30. The highest BCUT2D eigenvalue weighted by molar-refractivity contribution is 6.36. The Labute approximate surface area is 104 Å². The fraction of sp³-hybridized carbons (Fsp3) is 0.0833. The van der Waals surface area contributed by atoms with Gasteiger partial charge < -0.3 is 5.73 Å². The minimum absolute atomic E-state index is 0.401. The maximum Gasteiger partial charge on any atom is 0.0755 e. The number of aromatic nitrogens is 1. The van der Waals surface area contributed by atoms with Crippen LogP contribution in [0.2, 0.25) is 10.0 Å². The fourth-order valence-corrected chi connectivity index (χ4v) is 2.15. The quantitative estimate of drug-likeness (QED) is 0.890. The summed E-state index contributed by atoms with van der Waals surface area (Å²) in [6, 6.07) is 10.5. The summed E-state index contributed by atoms with van der Waals surface area (Å²) >= 11 is 12.2. The van der Waals surface area contributed by atoms with Gasteiger partial charge in [0.2, 0.25) is 0 Å². The van der Waals surface area contributed by atoms with Crippen LogP contribution in [0.15, 0.2) is 42.6 Å². The molecular formula is C12H10Cl2N2. The normalized spacial score (nSPS) is 12.4. The summed E-state index contributed by atoms with van der Waals surface area (Å²) in [5.41, 5.74) is 7.55. The first-order valence-corrected chi connectivity index (χ1v) is 5.56. The molecule has 2 aromatic rings. The number of nitrogens with two attached hydrogens (primary N) is 1. The van der Waals surface area contributed by atoms with Crippen LogP contribution in [0.3, 0.4) is 0 Å². The topological polar surface area (TPSA) is 38.9 Å². The minimum atomic E-state index is -0.401. The van der Waals surface area contributed by atoms with Gasteiger partial charge in [-0.15, -0.1) is 0 Å². The molecule has 1 aromatic carbocycles. The van der Waals surface area contributed by atoms with Gasteiger partial charge in [0.1, 0.15) is 0 Å². The second-order valence-corrected chi connectivity index (χ2v) is 4.18. The zero-order valence-electron chi connectivity index (χ0n) is 8.40. The summed E-state index contributed by atoms with van der Waals surface area (Å²) in [4.78, 5) is 4.19. The van der Waals surface area contributed by atoms with Gasteiger partial charge in [0.15, 0.2) is 0 Å². The fourth-order valence-electron chi connectivity index (χ4n) is 1.52. The first-order chi connectivity index (χ1) is 7.70. The van der Waals surface area contributed by atoms with Crippen molar-refractivity contribution in [3.8, 4) is 0 Å². The van der Waals surface area contributed by atoms with Crippen molar-refractivity contribution >= 4 is 23.2 Å². The molecule has 0 bridgehead atoms. The van der Waals surface area contributed by atoms with E-state index in [-0.39, 0.29) is 0 Å². The molecule has 1 heterocycles. The highest BCUT2D eigenvalue weighted by Gasteiger charge is 2.16. The Morgan fingerprint density at radius 3 is 2.25 bits per heavy atom. The Morgan fingerprint density at radius 2 is 1.69 bits per heavy atom. The molecule has 0 saturated carbocycles. The van der Waals surface area contributed by atoms with E-state index in [1.54, 1.807) is 24.4 Å². The van der Waals surface area contributed by atoms with Crippen LogP contribution in [0.25, 0.3) is 0 Å². The van der Waals surface area contributed by atoms with Crippen molar-refractivity contribution in [2.24, 2.45) is 5.73 Å². The first kappa shape index (κ1) is 11.4. The molecule has 0 aliphatic rings. The molecule has 0 saturated heterocycles. The summed E-state index contributed by atoms with van der Waals surface area (Å²) in [7, 11) is 0. The second-order valence-electron chi connectivity index (χ2n) is 3.37.